The van der Waals surface area contributed by atoms with Crippen LogP contribution in [0.25, 0.3) is 0 Å². The van der Waals surface area contributed by atoms with Crippen LogP contribution in [0.2, 0.25) is 0 Å². The maximum absolute atomic E-state index is 8.57. The lowest BCUT2D eigenvalue weighted by molar-refractivity contribution is 0.394. The first-order valence-electron chi connectivity index (χ1n) is 5.32. The molecule has 0 amide bonds. The summed E-state index contributed by atoms with van der Waals surface area (Å²) in [6.45, 7) is 0. The van der Waals surface area contributed by atoms with E-state index in [0.717, 1.165) is 5.69 Å². The van der Waals surface area contributed by atoms with Crippen LogP contribution in [0.5, 0.6) is 11.5 Å². The minimum Gasteiger partial charge on any atom is -0.497 e. The van der Waals surface area contributed by atoms with Gasteiger partial charge in [-0.1, -0.05) is 0 Å². The number of allylic oxidation sites excluding steroid dienone is 1. The number of hydrogen-bond acceptors (Lipinski definition) is 6. The van der Waals surface area contributed by atoms with Gasteiger partial charge in [0, 0.05) is 29.3 Å². The second-order valence-corrected chi connectivity index (χ2v) is 4.20. The first-order valence-corrected chi connectivity index (χ1v) is 6.37. The minimum absolute atomic E-state index is 0.0926. The predicted octanol–water partition coefficient (Wildman–Crippen LogP) is 2.74. The smallest absolute Gasteiger partial charge is 0.136 e. The van der Waals surface area contributed by atoms with Crippen molar-refractivity contribution in [2.75, 3.05) is 25.4 Å². The van der Waals surface area contributed by atoms with Crippen molar-refractivity contribution in [1.29, 1.82) is 10.5 Å². The van der Waals surface area contributed by atoms with Crippen LogP contribution in [0.4, 0.5) is 5.69 Å². The minimum atomic E-state index is 0.0926. The molecule has 1 aromatic carbocycles. The van der Waals surface area contributed by atoms with E-state index in [1.54, 1.807) is 32.4 Å². The number of nitrogens with one attached hydrogen (secondary N) is 1. The monoisotopic (exact) mass is 275 g/mol. The topological polar surface area (TPSA) is 78.1 Å². The molecular weight excluding hydrogens is 262 g/mol. The van der Waals surface area contributed by atoms with Gasteiger partial charge in [0.25, 0.3) is 0 Å². The largest absolute Gasteiger partial charge is 0.497 e. The summed E-state index contributed by atoms with van der Waals surface area (Å²) in [7, 11) is 3.17. The van der Waals surface area contributed by atoms with Gasteiger partial charge >= 0.3 is 0 Å². The third kappa shape index (κ3) is 4.82. The zero-order valence-corrected chi connectivity index (χ0v) is 11.5. The Morgan fingerprint density at radius 1 is 1.21 bits per heavy atom. The Bertz CT molecular complexity index is 506. The van der Waals surface area contributed by atoms with Gasteiger partial charge in [-0.2, -0.15) is 10.5 Å². The Labute approximate surface area is 116 Å². The molecule has 5 nitrogen and oxygen atoms in total. The van der Waals surface area contributed by atoms with Gasteiger partial charge in [-0.3, -0.25) is 0 Å². The summed E-state index contributed by atoms with van der Waals surface area (Å²) in [5.74, 6) is 1.91. The highest BCUT2D eigenvalue weighted by Crippen LogP contribution is 2.26. The van der Waals surface area contributed by atoms with Crippen LogP contribution >= 0.6 is 11.8 Å². The first-order chi connectivity index (χ1) is 9.23. The van der Waals surface area contributed by atoms with Crippen molar-refractivity contribution in [1.82, 2.24) is 0 Å². The maximum atomic E-state index is 8.57. The van der Waals surface area contributed by atoms with Crippen molar-refractivity contribution >= 4 is 17.4 Å². The molecule has 98 valence electrons. The highest BCUT2D eigenvalue weighted by atomic mass is 32.2. The number of methoxy groups -OCH3 is 2. The summed E-state index contributed by atoms with van der Waals surface area (Å²) in [5.41, 5.74) is 0.933. The second kappa shape index (κ2) is 7.91. The Morgan fingerprint density at radius 2 is 1.79 bits per heavy atom. The first kappa shape index (κ1) is 14.7. The zero-order chi connectivity index (χ0) is 14.1. The lowest BCUT2D eigenvalue weighted by Gasteiger charge is -2.09. The highest BCUT2D eigenvalue weighted by Gasteiger charge is 2.01. The summed E-state index contributed by atoms with van der Waals surface area (Å²) >= 11 is 1.33. The van der Waals surface area contributed by atoms with E-state index in [9.17, 15) is 0 Å². The number of nitriles is 2. The van der Waals surface area contributed by atoms with E-state index in [-0.39, 0.29) is 5.57 Å². The van der Waals surface area contributed by atoms with Crippen molar-refractivity contribution in [2.24, 2.45) is 0 Å². The van der Waals surface area contributed by atoms with Crippen LogP contribution < -0.4 is 14.8 Å². The number of thioether (sulfide) groups is 1. The number of ether oxygens (including phenoxy) is 2. The van der Waals surface area contributed by atoms with Crippen LogP contribution in [-0.2, 0) is 0 Å². The molecule has 0 heterocycles. The molecule has 1 rings (SSSR count). The van der Waals surface area contributed by atoms with Gasteiger partial charge in [0.1, 0.15) is 29.2 Å². The number of benzene rings is 1. The fourth-order valence-electron chi connectivity index (χ4n) is 1.24. The summed E-state index contributed by atoms with van der Waals surface area (Å²) in [5, 5.41) is 21.8. The van der Waals surface area contributed by atoms with Crippen LogP contribution in [0.3, 0.4) is 0 Å². The van der Waals surface area contributed by atoms with Crippen LogP contribution in [0, 0.1) is 22.7 Å². The van der Waals surface area contributed by atoms with Crippen molar-refractivity contribution in [2.45, 2.75) is 0 Å². The van der Waals surface area contributed by atoms with E-state index in [2.05, 4.69) is 5.32 Å². The zero-order valence-electron chi connectivity index (χ0n) is 10.6. The van der Waals surface area contributed by atoms with E-state index >= 15 is 0 Å². The standard InChI is InChI=1S/C13H13N3O2S/c1-17-12-3-11(4-13(5-12)18-2)16-9-19-8-10(6-14)7-15/h3-5,8,16H,9H2,1-2H3. The van der Waals surface area contributed by atoms with Gasteiger partial charge in [-0.15, -0.1) is 11.8 Å². The van der Waals surface area contributed by atoms with Gasteiger partial charge in [0.05, 0.1) is 20.1 Å². The van der Waals surface area contributed by atoms with Crippen molar-refractivity contribution in [3.8, 4) is 23.6 Å². The molecule has 0 aliphatic rings. The maximum Gasteiger partial charge on any atom is 0.136 e. The molecule has 0 saturated heterocycles. The number of rotatable bonds is 6. The Morgan fingerprint density at radius 3 is 2.26 bits per heavy atom. The molecule has 0 unspecified atom stereocenters. The van der Waals surface area contributed by atoms with Crippen molar-refractivity contribution in [3.05, 3.63) is 29.2 Å². The van der Waals surface area contributed by atoms with E-state index in [1.807, 2.05) is 12.1 Å². The average Bonchev–Trinajstić information content (AvgIpc) is 2.47. The van der Waals surface area contributed by atoms with E-state index in [0.29, 0.717) is 17.4 Å². The third-order valence-electron chi connectivity index (χ3n) is 2.15. The lowest BCUT2D eigenvalue weighted by atomic mass is 10.3. The van der Waals surface area contributed by atoms with E-state index in [1.165, 1.54) is 17.2 Å². The lowest BCUT2D eigenvalue weighted by Crippen LogP contribution is -1.98. The Hall–Kier alpha value is -2.31. The summed E-state index contributed by atoms with van der Waals surface area (Å²) in [4.78, 5) is 0. The molecule has 0 fully saturated rings. The Balaban J connectivity index is 2.61. The molecule has 0 aliphatic carbocycles. The third-order valence-corrected chi connectivity index (χ3v) is 2.87. The normalized spacial score (nSPS) is 8.84. The summed E-state index contributed by atoms with van der Waals surface area (Å²) < 4.78 is 10.3. The summed E-state index contributed by atoms with van der Waals surface area (Å²) in [6, 6.07) is 9.05. The molecule has 0 bridgehead atoms. The quantitative estimate of drug-likeness (QED) is 0.488. The number of nitrogens with zero attached hydrogens (tertiary/aromatic N) is 2. The fraction of sp³-hybridized carbons (Fsp3) is 0.231. The van der Waals surface area contributed by atoms with Gasteiger partial charge in [-0.05, 0) is 0 Å². The molecule has 1 N–H and O–H groups in total. The van der Waals surface area contributed by atoms with Crippen LogP contribution in [0.1, 0.15) is 0 Å². The van der Waals surface area contributed by atoms with Gasteiger partial charge in [0.2, 0.25) is 0 Å². The molecule has 0 atom stereocenters. The Kier molecular flexibility index (Phi) is 6.14. The molecule has 19 heavy (non-hydrogen) atoms. The SMILES string of the molecule is COc1cc(NCSC=C(C#N)C#N)cc(OC)c1. The predicted molar refractivity (Wildman–Crippen MR) is 74.9 cm³/mol. The molecule has 0 radical (unpaired) electrons. The van der Waals surface area contributed by atoms with Crippen LogP contribution in [-0.4, -0.2) is 20.1 Å². The second-order valence-electron chi connectivity index (χ2n) is 3.34. The molecule has 0 saturated carbocycles. The van der Waals surface area contributed by atoms with Crippen LogP contribution in [0.15, 0.2) is 29.2 Å². The highest BCUT2D eigenvalue weighted by molar-refractivity contribution is 8.02. The van der Waals surface area contributed by atoms with E-state index < -0.39 is 0 Å². The fourth-order valence-corrected chi connectivity index (χ4v) is 1.84. The molecule has 6 heteroatoms. The van der Waals surface area contributed by atoms with Gasteiger partial charge in [-0.25, -0.2) is 0 Å². The van der Waals surface area contributed by atoms with Crippen molar-refractivity contribution in [3.63, 3.8) is 0 Å². The number of anilines is 1. The molecule has 0 aliphatic heterocycles. The molecule has 0 aromatic heterocycles. The van der Waals surface area contributed by atoms with Gasteiger partial charge in [0.15, 0.2) is 0 Å². The molecular formula is C13H13N3O2S. The van der Waals surface area contributed by atoms with Gasteiger partial charge < -0.3 is 14.8 Å². The molecule has 1 aromatic rings. The summed E-state index contributed by atoms with van der Waals surface area (Å²) in [6.07, 6.45) is 0. The van der Waals surface area contributed by atoms with E-state index in [4.69, 9.17) is 20.0 Å². The number of hydrogen-bond donors (Lipinski definition) is 1. The van der Waals surface area contributed by atoms with Crippen molar-refractivity contribution < 1.29 is 9.47 Å². The average molecular weight is 275 g/mol. The molecule has 0 spiro atoms.